The molecule has 0 spiro atoms. The molecule has 6 aliphatic rings. The van der Waals surface area contributed by atoms with Crippen molar-refractivity contribution in [2.75, 3.05) is 0 Å². The Kier molecular flexibility index (Phi) is 12.0. The fraction of sp³-hybridized carbons (Fsp3) is 0.680. The first-order valence-electron chi connectivity index (χ1n) is 21.7. The summed E-state index contributed by atoms with van der Waals surface area (Å²) in [5, 5.41) is 0. The summed E-state index contributed by atoms with van der Waals surface area (Å²) in [5.41, 5.74) is 5.14. The summed E-state index contributed by atoms with van der Waals surface area (Å²) < 4.78 is 8.47. The van der Waals surface area contributed by atoms with E-state index in [0.717, 1.165) is 101 Å². The lowest BCUT2D eigenvalue weighted by atomic mass is 9.60. The van der Waals surface area contributed by atoms with Gasteiger partial charge in [0.1, 0.15) is 12.6 Å². The predicted molar refractivity (Wildman–Crippen MR) is 222 cm³/mol. The third-order valence-corrected chi connectivity index (χ3v) is 16.3. The maximum Gasteiger partial charge on any atom is 0.163 e. The average Bonchev–Trinajstić information content (AvgIpc) is 3.73. The first-order chi connectivity index (χ1) is 25.9. The molecule has 0 N–H and O–H groups in total. The highest BCUT2D eigenvalue weighted by atomic mass is 16.5. The highest BCUT2D eigenvalue weighted by Gasteiger charge is 2.66. The van der Waals surface area contributed by atoms with E-state index in [-0.39, 0.29) is 69.7 Å². The van der Waals surface area contributed by atoms with Crippen molar-refractivity contribution in [3.05, 3.63) is 69.9 Å². The maximum atomic E-state index is 13.3. The Morgan fingerprint density at radius 1 is 0.691 bits per heavy atom. The molecule has 0 radical (unpaired) electrons. The Labute approximate surface area is 332 Å². The number of allylic oxidation sites excluding steroid dienone is 12. The van der Waals surface area contributed by atoms with Gasteiger partial charge in [0.15, 0.2) is 11.6 Å². The molecule has 2 fully saturated rings. The van der Waals surface area contributed by atoms with Crippen molar-refractivity contribution in [1.82, 2.24) is 0 Å². The van der Waals surface area contributed by atoms with Gasteiger partial charge in [-0.15, -0.1) is 0 Å². The van der Waals surface area contributed by atoms with E-state index in [9.17, 15) is 19.2 Å². The van der Waals surface area contributed by atoms with Gasteiger partial charge in [-0.05, 0) is 188 Å². The number of hydrogen-bond acceptors (Lipinski definition) is 5. The van der Waals surface area contributed by atoms with E-state index in [1.165, 1.54) is 11.1 Å². The molecular formula is C50H70O5. The van der Waals surface area contributed by atoms with Crippen LogP contribution in [0.3, 0.4) is 0 Å². The number of hydrogen-bond donors (Lipinski definition) is 0. The van der Waals surface area contributed by atoms with Crippen LogP contribution in [0.25, 0.3) is 0 Å². The van der Waals surface area contributed by atoms with Crippen LogP contribution in [0.15, 0.2) is 69.9 Å². The molecule has 0 aromatic rings. The van der Waals surface area contributed by atoms with Crippen molar-refractivity contribution < 1.29 is 23.9 Å². The van der Waals surface area contributed by atoms with Crippen LogP contribution in [0, 0.1) is 58.2 Å². The number of carbonyl (C=O) groups is 4. The molecule has 2 saturated carbocycles. The number of ether oxygens (including phenoxy) is 1. The normalized spacial score (nSPS) is 41.2. The smallest absolute Gasteiger partial charge is 0.163 e. The molecule has 6 aliphatic carbocycles. The van der Waals surface area contributed by atoms with Crippen molar-refractivity contribution in [1.29, 1.82) is 0 Å². The summed E-state index contributed by atoms with van der Waals surface area (Å²) in [5.74, 6) is 0.361. The van der Waals surface area contributed by atoms with E-state index in [1.807, 2.05) is 0 Å². The fourth-order valence-corrected chi connectivity index (χ4v) is 13.1. The molecule has 0 amide bonds. The molecule has 12 atom stereocenters. The third kappa shape index (κ3) is 7.38. The van der Waals surface area contributed by atoms with E-state index in [4.69, 9.17) is 4.74 Å². The van der Waals surface area contributed by atoms with E-state index in [2.05, 4.69) is 93.5 Å². The molecule has 6 rings (SSSR count). The number of rotatable bonds is 12. The maximum absolute atomic E-state index is 13.3. The van der Waals surface area contributed by atoms with Crippen molar-refractivity contribution in [2.24, 2.45) is 58.2 Å². The van der Waals surface area contributed by atoms with E-state index >= 15 is 0 Å². The highest BCUT2D eigenvalue weighted by molar-refractivity contribution is 6.02. The summed E-state index contributed by atoms with van der Waals surface area (Å²) in [6.07, 6.45) is 25.7. The van der Waals surface area contributed by atoms with Crippen LogP contribution < -0.4 is 0 Å². The van der Waals surface area contributed by atoms with Crippen LogP contribution in [0.1, 0.15) is 146 Å². The molecule has 0 aliphatic heterocycles. The second-order valence-corrected chi connectivity index (χ2v) is 20.2. The Balaban J connectivity index is 1.51. The van der Waals surface area contributed by atoms with Crippen LogP contribution >= 0.6 is 0 Å². The first kappa shape index (κ1) is 41.7. The Morgan fingerprint density at radius 2 is 1.07 bits per heavy atom. The van der Waals surface area contributed by atoms with Crippen LogP contribution in [0.4, 0.5) is 0 Å². The zero-order valence-corrected chi connectivity index (χ0v) is 35.8. The van der Waals surface area contributed by atoms with Gasteiger partial charge in [-0.3, -0.25) is 19.2 Å². The molecule has 5 heteroatoms. The Bertz CT molecular complexity index is 1620. The molecule has 0 bridgehead atoms. The van der Waals surface area contributed by atoms with Crippen LogP contribution in [-0.4, -0.2) is 35.3 Å². The van der Waals surface area contributed by atoms with Gasteiger partial charge in [0.05, 0.1) is 23.0 Å². The van der Waals surface area contributed by atoms with Gasteiger partial charge in [-0.25, -0.2) is 0 Å². The fourth-order valence-electron chi connectivity index (χ4n) is 13.1. The third-order valence-electron chi connectivity index (χ3n) is 16.3. The summed E-state index contributed by atoms with van der Waals surface area (Å²) in [7, 11) is 0. The van der Waals surface area contributed by atoms with E-state index in [0.29, 0.717) is 11.1 Å². The predicted octanol–water partition coefficient (Wildman–Crippen LogP) is 11.4. The SMILES string of the molecule is CC(C)=CCC[C@H](C)[C@@]1(O[C@]2([C@@H](C)CCC=C(C)C)CC[C@]3(C)C[C@@H]4C(C)=CC(=O)[C@H]4/C(C=O)=C\C[C@H]32)CC[C@]2(C)C[C@@H]3C(C)=CC(=O)[C@H]3/C(C=O)=C\C[C@H]21. The Hall–Kier alpha value is -2.92. The molecule has 0 aromatic carbocycles. The quantitative estimate of drug-likeness (QED) is 0.147. The van der Waals surface area contributed by atoms with Crippen LogP contribution in [0.5, 0.6) is 0 Å². The molecule has 5 nitrogen and oxygen atoms in total. The minimum Gasteiger partial charge on any atom is -0.367 e. The van der Waals surface area contributed by atoms with Crippen LogP contribution in [0.2, 0.25) is 0 Å². The molecule has 0 aromatic heterocycles. The molecule has 0 heterocycles. The lowest BCUT2D eigenvalue weighted by Gasteiger charge is -2.55. The molecule has 300 valence electrons. The van der Waals surface area contributed by atoms with Crippen molar-refractivity contribution in [3.63, 3.8) is 0 Å². The lowest BCUT2D eigenvalue weighted by Crippen LogP contribution is -2.58. The van der Waals surface area contributed by atoms with Gasteiger partial charge >= 0.3 is 0 Å². The number of aldehydes is 2. The first-order valence-corrected chi connectivity index (χ1v) is 21.7. The van der Waals surface area contributed by atoms with Gasteiger partial charge in [0.2, 0.25) is 0 Å². The second-order valence-electron chi connectivity index (χ2n) is 20.2. The zero-order chi connectivity index (χ0) is 40.1. The highest BCUT2D eigenvalue weighted by Crippen LogP contribution is 2.67. The molecule has 55 heavy (non-hydrogen) atoms. The standard InChI is InChI=1S/C50H70O5/c1-31(2)13-11-15-35(7)49(23-21-47(9)27-39-33(5)25-41(53)45(39)37(29-51)17-19-43(47)49)55-50(36(8)16-12-14-32(3)4)24-22-48(10)28-40-34(6)26-42(54)46(40)38(30-52)18-20-44(48)50/h13-14,17-18,25-26,29-30,35-36,39-40,43-46H,11-12,15-16,19-24,27-28H2,1-10H3/b37-17-,38-18-/t35-,36-,39+,40+,43+,44+,45-,46-,47+,48+,49-,50-/m0/s1. The summed E-state index contributed by atoms with van der Waals surface area (Å²) in [6, 6.07) is 0. The lowest BCUT2D eigenvalue weighted by molar-refractivity contribution is -0.244. The monoisotopic (exact) mass is 751 g/mol. The number of fused-ring (bicyclic) bond motifs is 4. The number of ketones is 2. The largest absolute Gasteiger partial charge is 0.367 e. The van der Waals surface area contributed by atoms with Crippen molar-refractivity contribution >= 4 is 24.1 Å². The molecule has 0 unspecified atom stereocenters. The second kappa shape index (κ2) is 15.8. The topological polar surface area (TPSA) is 77.5 Å². The minimum atomic E-state index is -0.445. The van der Waals surface area contributed by atoms with E-state index in [1.54, 1.807) is 12.2 Å². The van der Waals surface area contributed by atoms with Gasteiger partial charge in [-0.2, -0.15) is 0 Å². The molecular weight excluding hydrogens is 681 g/mol. The minimum absolute atomic E-state index is 0.0381. The molecule has 0 saturated heterocycles. The van der Waals surface area contributed by atoms with Crippen LogP contribution in [-0.2, 0) is 23.9 Å². The average molecular weight is 751 g/mol. The summed E-state index contributed by atoms with van der Waals surface area (Å²) in [4.78, 5) is 52.2. The van der Waals surface area contributed by atoms with E-state index < -0.39 is 11.2 Å². The zero-order valence-electron chi connectivity index (χ0n) is 35.8. The summed E-state index contributed by atoms with van der Waals surface area (Å²) in [6.45, 7) is 22.7. The van der Waals surface area contributed by atoms with Gasteiger partial charge in [0.25, 0.3) is 0 Å². The Morgan fingerprint density at radius 3 is 1.42 bits per heavy atom. The van der Waals surface area contributed by atoms with Gasteiger partial charge in [-0.1, -0.05) is 74.3 Å². The van der Waals surface area contributed by atoms with Crippen molar-refractivity contribution in [3.8, 4) is 0 Å². The van der Waals surface area contributed by atoms with Gasteiger partial charge < -0.3 is 4.74 Å². The number of carbonyl (C=O) groups excluding carboxylic acids is 4. The summed E-state index contributed by atoms with van der Waals surface area (Å²) >= 11 is 0. The van der Waals surface area contributed by atoms with Crippen molar-refractivity contribution in [2.45, 2.75) is 157 Å². The van der Waals surface area contributed by atoms with Gasteiger partial charge in [0, 0.05) is 0 Å².